The van der Waals surface area contributed by atoms with Gasteiger partial charge in [-0.2, -0.15) is 0 Å². The Labute approximate surface area is 120 Å². The fraction of sp³-hybridized carbons (Fsp3) is 0.353. The molecule has 0 aromatic heterocycles. The van der Waals surface area contributed by atoms with Crippen LogP contribution >= 0.6 is 0 Å². The van der Waals surface area contributed by atoms with Gasteiger partial charge in [0.1, 0.15) is 0 Å². The van der Waals surface area contributed by atoms with Gasteiger partial charge >= 0.3 is 0 Å². The van der Waals surface area contributed by atoms with Crippen LogP contribution in [0.4, 0.5) is 5.69 Å². The Kier molecular flexibility index (Phi) is 5.13. The van der Waals surface area contributed by atoms with E-state index < -0.39 is 0 Å². The number of carbonyl (C=O) groups is 1. The molecule has 3 N–H and O–H groups in total. The standard InChI is InChI=1S/C17H22N2O/c1-13(10-11-18)6-9-17(20)19-16-8-7-14-4-2-3-5-15(14)12-16/h2-5,7-8,12-13H,6,9-11,18H2,1H3,(H,19,20). The number of nitrogens with one attached hydrogen (secondary N) is 1. The van der Waals surface area contributed by atoms with E-state index >= 15 is 0 Å². The third kappa shape index (κ3) is 4.07. The van der Waals surface area contributed by atoms with Gasteiger partial charge in [-0.05, 0) is 48.2 Å². The second kappa shape index (κ2) is 7.06. The van der Waals surface area contributed by atoms with Gasteiger partial charge in [-0.15, -0.1) is 0 Å². The molecule has 1 amide bonds. The Morgan fingerprint density at radius 2 is 1.90 bits per heavy atom. The molecule has 0 bridgehead atoms. The summed E-state index contributed by atoms with van der Waals surface area (Å²) in [5.74, 6) is 0.575. The molecule has 0 aliphatic carbocycles. The molecule has 0 fully saturated rings. The van der Waals surface area contributed by atoms with Gasteiger partial charge < -0.3 is 11.1 Å². The molecule has 0 saturated carbocycles. The van der Waals surface area contributed by atoms with E-state index in [4.69, 9.17) is 5.73 Å². The molecule has 106 valence electrons. The first-order valence-electron chi connectivity index (χ1n) is 7.18. The van der Waals surface area contributed by atoms with Crippen LogP contribution in [0.3, 0.4) is 0 Å². The molecule has 1 atom stereocenters. The molecule has 0 aliphatic rings. The summed E-state index contributed by atoms with van der Waals surface area (Å²) >= 11 is 0. The molecule has 3 nitrogen and oxygen atoms in total. The molecule has 0 aliphatic heterocycles. The van der Waals surface area contributed by atoms with Gasteiger partial charge in [0.15, 0.2) is 0 Å². The second-order valence-corrected chi connectivity index (χ2v) is 5.33. The molecule has 2 aromatic carbocycles. The molecule has 2 aromatic rings. The topological polar surface area (TPSA) is 55.1 Å². The predicted molar refractivity (Wildman–Crippen MR) is 84.6 cm³/mol. The summed E-state index contributed by atoms with van der Waals surface area (Å²) < 4.78 is 0. The maximum absolute atomic E-state index is 11.9. The van der Waals surface area contributed by atoms with Crippen LogP contribution < -0.4 is 11.1 Å². The minimum absolute atomic E-state index is 0.0733. The van der Waals surface area contributed by atoms with Gasteiger partial charge in [-0.25, -0.2) is 0 Å². The SMILES string of the molecule is CC(CCN)CCC(=O)Nc1ccc2ccccc2c1. The van der Waals surface area contributed by atoms with Crippen LogP contribution in [0.2, 0.25) is 0 Å². The fourth-order valence-corrected chi connectivity index (χ4v) is 2.30. The number of hydrogen-bond donors (Lipinski definition) is 2. The lowest BCUT2D eigenvalue weighted by Crippen LogP contribution is -2.14. The molecule has 3 heteroatoms. The van der Waals surface area contributed by atoms with Crippen molar-refractivity contribution in [2.24, 2.45) is 11.7 Å². The summed E-state index contributed by atoms with van der Waals surface area (Å²) in [5.41, 5.74) is 6.37. The Hall–Kier alpha value is -1.87. The van der Waals surface area contributed by atoms with E-state index in [9.17, 15) is 4.79 Å². The first kappa shape index (κ1) is 14.5. The Morgan fingerprint density at radius 3 is 2.65 bits per heavy atom. The van der Waals surface area contributed by atoms with E-state index in [1.165, 1.54) is 5.39 Å². The summed E-state index contributed by atoms with van der Waals surface area (Å²) in [6.07, 6.45) is 2.41. The van der Waals surface area contributed by atoms with E-state index in [1.54, 1.807) is 0 Å². The number of fused-ring (bicyclic) bond motifs is 1. The van der Waals surface area contributed by atoms with E-state index in [0.717, 1.165) is 23.9 Å². The lowest BCUT2D eigenvalue weighted by molar-refractivity contribution is -0.116. The molecule has 0 radical (unpaired) electrons. The zero-order valence-corrected chi connectivity index (χ0v) is 11.9. The average molecular weight is 270 g/mol. The number of amides is 1. The molecule has 0 spiro atoms. The van der Waals surface area contributed by atoms with E-state index in [1.807, 2.05) is 36.4 Å². The number of rotatable bonds is 6. The van der Waals surface area contributed by atoms with Crippen LogP contribution in [0.15, 0.2) is 42.5 Å². The smallest absolute Gasteiger partial charge is 0.224 e. The lowest BCUT2D eigenvalue weighted by atomic mass is 10.0. The van der Waals surface area contributed by atoms with Crippen molar-refractivity contribution in [3.63, 3.8) is 0 Å². The number of benzene rings is 2. The Balaban J connectivity index is 1.92. The molecule has 0 heterocycles. The molecule has 2 rings (SSSR count). The van der Waals surface area contributed by atoms with E-state index in [2.05, 4.69) is 18.3 Å². The van der Waals surface area contributed by atoms with Crippen molar-refractivity contribution in [3.05, 3.63) is 42.5 Å². The van der Waals surface area contributed by atoms with Gasteiger partial charge in [-0.1, -0.05) is 37.3 Å². The monoisotopic (exact) mass is 270 g/mol. The van der Waals surface area contributed by atoms with Gasteiger partial charge in [-0.3, -0.25) is 4.79 Å². The minimum Gasteiger partial charge on any atom is -0.330 e. The highest BCUT2D eigenvalue weighted by molar-refractivity contribution is 5.94. The summed E-state index contributed by atoms with van der Waals surface area (Å²) in [5, 5.41) is 5.28. The van der Waals surface area contributed by atoms with E-state index in [-0.39, 0.29) is 5.91 Å². The third-order valence-corrected chi connectivity index (χ3v) is 3.56. The average Bonchev–Trinajstić information content (AvgIpc) is 2.45. The lowest BCUT2D eigenvalue weighted by Gasteiger charge is -2.10. The van der Waals surface area contributed by atoms with Crippen molar-refractivity contribution in [2.75, 3.05) is 11.9 Å². The van der Waals surface area contributed by atoms with Gasteiger partial charge in [0.2, 0.25) is 5.91 Å². The first-order chi connectivity index (χ1) is 9.69. The van der Waals surface area contributed by atoms with Crippen molar-refractivity contribution in [1.29, 1.82) is 0 Å². The quantitative estimate of drug-likeness (QED) is 0.843. The molecule has 0 saturated heterocycles. The van der Waals surface area contributed by atoms with Gasteiger partial charge in [0.25, 0.3) is 0 Å². The third-order valence-electron chi connectivity index (χ3n) is 3.56. The van der Waals surface area contributed by atoms with E-state index in [0.29, 0.717) is 18.9 Å². The fourth-order valence-electron chi connectivity index (χ4n) is 2.30. The highest BCUT2D eigenvalue weighted by atomic mass is 16.1. The number of nitrogens with two attached hydrogens (primary N) is 1. The highest BCUT2D eigenvalue weighted by Gasteiger charge is 2.07. The predicted octanol–water partition coefficient (Wildman–Crippen LogP) is 3.54. The summed E-state index contributed by atoms with van der Waals surface area (Å²) in [4.78, 5) is 11.9. The zero-order valence-electron chi connectivity index (χ0n) is 11.9. The number of hydrogen-bond acceptors (Lipinski definition) is 2. The van der Waals surface area contributed by atoms with Crippen molar-refractivity contribution in [3.8, 4) is 0 Å². The van der Waals surface area contributed by atoms with Crippen LogP contribution in [-0.2, 0) is 4.79 Å². The normalized spacial score (nSPS) is 12.3. The number of anilines is 1. The summed E-state index contributed by atoms with van der Waals surface area (Å²) in [6, 6.07) is 14.1. The minimum atomic E-state index is 0.0733. The summed E-state index contributed by atoms with van der Waals surface area (Å²) in [6.45, 7) is 2.82. The van der Waals surface area contributed by atoms with Crippen molar-refractivity contribution in [1.82, 2.24) is 0 Å². The van der Waals surface area contributed by atoms with Crippen LogP contribution in [0.1, 0.15) is 26.2 Å². The zero-order chi connectivity index (χ0) is 14.4. The van der Waals surface area contributed by atoms with Crippen molar-refractivity contribution in [2.45, 2.75) is 26.2 Å². The van der Waals surface area contributed by atoms with Crippen molar-refractivity contribution >= 4 is 22.4 Å². The largest absolute Gasteiger partial charge is 0.330 e. The highest BCUT2D eigenvalue weighted by Crippen LogP contribution is 2.19. The Morgan fingerprint density at radius 1 is 1.15 bits per heavy atom. The maximum atomic E-state index is 11.9. The van der Waals surface area contributed by atoms with Crippen LogP contribution in [0, 0.1) is 5.92 Å². The summed E-state index contributed by atoms with van der Waals surface area (Å²) in [7, 11) is 0. The molecular formula is C17H22N2O. The van der Waals surface area contributed by atoms with Crippen molar-refractivity contribution < 1.29 is 4.79 Å². The van der Waals surface area contributed by atoms with Crippen LogP contribution in [-0.4, -0.2) is 12.5 Å². The van der Waals surface area contributed by atoms with Crippen LogP contribution in [0.5, 0.6) is 0 Å². The maximum Gasteiger partial charge on any atom is 0.224 e. The second-order valence-electron chi connectivity index (χ2n) is 5.33. The molecule has 20 heavy (non-hydrogen) atoms. The number of carbonyl (C=O) groups excluding carboxylic acids is 1. The Bertz CT molecular complexity index is 580. The van der Waals surface area contributed by atoms with Crippen LogP contribution in [0.25, 0.3) is 10.8 Å². The molecular weight excluding hydrogens is 248 g/mol. The van der Waals surface area contributed by atoms with Gasteiger partial charge in [0, 0.05) is 12.1 Å². The first-order valence-corrected chi connectivity index (χ1v) is 7.18. The van der Waals surface area contributed by atoms with Gasteiger partial charge in [0.05, 0.1) is 0 Å². The molecule has 1 unspecified atom stereocenters.